The maximum Gasteiger partial charge on any atom is 0.317 e. The third-order valence-electron chi connectivity index (χ3n) is 3.18. The molecule has 0 spiro atoms. The highest BCUT2D eigenvalue weighted by molar-refractivity contribution is 5.99. The molecule has 0 fully saturated rings. The minimum absolute atomic E-state index is 0.0602. The molecule has 7 nitrogen and oxygen atoms in total. The van der Waals surface area contributed by atoms with E-state index in [-0.39, 0.29) is 25.3 Å². The van der Waals surface area contributed by atoms with Crippen LogP contribution in [-0.4, -0.2) is 59.6 Å². The summed E-state index contributed by atoms with van der Waals surface area (Å²) in [6.07, 6.45) is -0.351. The number of ether oxygens (including phenoxy) is 1. The number of hydrogen-bond donors (Lipinski definition) is 2. The van der Waals surface area contributed by atoms with Crippen molar-refractivity contribution in [3.05, 3.63) is 29.8 Å². The van der Waals surface area contributed by atoms with Gasteiger partial charge < -0.3 is 14.9 Å². The Hall–Kier alpha value is -2.41. The van der Waals surface area contributed by atoms with Crippen molar-refractivity contribution < 1.29 is 29.3 Å². The van der Waals surface area contributed by atoms with Gasteiger partial charge in [-0.15, -0.1) is 0 Å². The smallest absolute Gasteiger partial charge is 0.317 e. The van der Waals surface area contributed by atoms with Gasteiger partial charge in [0.25, 0.3) is 0 Å². The van der Waals surface area contributed by atoms with Gasteiger partial charge in [-0.1, -0.05) is 0 Å². The first-order chi connectivity index (χ1) is 10.8. The van der Waals surface area contributed by atoms with Crippen molar-refractivity contribution in [3.63, 3.8) is 0 Å². The number of benzene rings is 1. The average Bonchev–Trinajstić information content (AvgIpc) is 2.45. The van der Waals surface area contributed by atoms with Crippen molar-refractivity contribution in [1.82, 2.24) is 4.90 Å². The number of nitrogens with zero attached hydrogens (tertiary/aromatic N) is 1. The fraction of sp³-hybridized carbons (Fsp3) is 0.438. The Kier molecular flexibility index (Phi) is 7.21. The number of carbonyl (C=O) groups is 3. The molecule has 23 heavy (non-hydrogen) atoms. The Morgan fingerprint density at radius 1 is 1.13 bits per heavy atom. The van der Waals surface area contributed by atoms with Crippen LogP contribution in [0.5, 0.6) is 5.75 Å². The highest BCUT2D eigenvalue weighted by Gasteiger charge is 2.25. The summed E-state index contributed by atoms with van der Waals surface area (Å²) in [5.41, 5.74) is 0.378. The van der Waals surface area contributed by atoms with E-state index in [0.717, 1.165) is 0 Å². The van der Waals surface area contributed by atoms with Gasteiger partial charge in [-0.3, -0.25) is 19.3 Å². The summed E-state index contributed by atoms with van der Waals surface area (Å²) >= 11 is 0. The maximum atomic E-state index is 12.5. The van der Waals surface area contributed by atoms with Crippen molar-refractivity contribution in [1.29, 1.82) is 0 Å². The first kappa shape index (κ1) is 18.6. The molecule has 1 atom stereocenters. The van der Waals surface area contributed by atoms with Crippen LogP contribution < -0.4 is 4.74 Å². The summed E-state index contributed by atoms with van der Waals surface area (Å²) in [6, 6.07) is 6.46. The summed E-state index contributed by atoms with van der Waals surface area (Å²) in [5, 5.41) is 17.7. The summed E-state index contributed by atoms with van der Waals surface area (Å²) < 4.78 is 5.30. The van der Waals surface area contributed by atoms with Crippen molar-refractivity contribution in [2.75, 3.05) is 26.7 Å². The Morgan fingerprint density at radius 2 is 1.74 bits per heavy atom. The second-order valence-electron chi connectivity index (χ2n) is 5.21. The predicted octanol–water partition coefficient (Wildman–Crippen LogP) is 1.38. The topological polar surface area (TPSA) is 104 Å². The average molecular weight is 323 g/mol. The molecule has 0 aliphatic heterocycles. The SMILES string of the molecule is CCOc1ccc(C(=O)C(CC(=O)O)CN(C)CC(=O)O)cc1. The lowest BCUT2D eigenvalue weighted by atomic mass is 9.94. The molecule has 0 aliphatic rings. The first-order valence-corrected chi connectivity index (χ1v) is 7.22. The predicted molar refractivity (Wildman–Crippen MR) is 82.8 cm³/mol. The van der Waals surface area contributed by atoms with Crippen LogP contribution in [0.1, 0.15) is 23.7 Å². The molecule has 1 rings (SSSR count). The zero-order chi connectivity index (χ0) is 17.4. The van der Waals surface area contributed by atoms with Crippen LogP contribution in [0.15, 0.2) is 24.3 Å². The van der Waals surface area contributed by atoms with Gasteiger partial charge in [-0.25, -0.2) is 0 Å². The minimum Gasteiger partial charge on any atom is -0.494 e. The van der Waals surface area contributed by atoms with E-state index in [9.17, 15) is 14.4 Å². The summed E-state index contributed by atoms with van der Waals surface area (Å²) in [6.45, 7) is 2.16. The van der Waals surface area contributed by atoms with Crippen LogP contribution in [0, 0.1) is 5.92 Å². The molecule has 1 aromatic rings. The van der Waals surface area contributed by atoms with Crippen LogP contribution in [0.25, 0.3) is 0 Å². The monoisotopic (exact) mass is 323 g/mol. The van der Waals surface area contributed by atoms with Gasteiger partial charge in [0.15, 0.2) is 5.78 Å². The van der Waals surface area contributed by atoms with Crippen molar-refractivity contribution >= 4 is 17.7 Å². The van der Waals surface area contributed by atoms with Crippen LogP contribution in [0.3, 0.4) is 0 Å². The molecule has 7 heteroatoms. The van der Waals surface area contributed by atoms with Crippen molar-refractivity contribution in [2.45, 2.75) is 13.3 Å². The van der Waals surface area contributed by atoms with Gasteiger partial charge in [0.05, 0.1) is 19.6 Å². The lowest BCUT2D eigenvalue weighted by Gasteiger charge is -2.20. The lowest BCUT2D eigenvalue weighted by molar-refractivity contribution is -0.138. The molecule has 0 amide bonds. The normalized spacial score (nSPS) is 12.0. The van der Waals surface area contributed by atoms with Gasteiger partial charge in [0.1, 0.15) is 5.75 Å². The van der Waals surface area contributed by atoms with Crippen LogP contribution in [0.2, 0.25) is 0 Å². The molecule has 1 aromatic carbocycles. The van der Waals surface area contributed by atoms with Gasteiger partial charge in [-0.05, 0) is 38.2 Å². The zero-order valence-corrected chi connectivity index (χ0v) is 13.2. The number of ketones is 1. The van der Waals surface area contributed by atoms with Crippen molar-refractivity contribution in [3.8, 4) is 5.75 Å². The fourth-order valence-corrected chi connectivity index (χ4v) is 2.24. The molecule has 0 aromatic heterocycles. The molecular weight excluding hydrogens is 302 g/mol. The Balaban J connectivity index is 2.85. The maximum absolute atomic E-state index is 12.5. The van der Waals surface area contributed by atoms with E-state index in [4.69, 9.17) is 14.9 Å². The van der Waals surface area contributed by atoms with Crippen LogP contribution in [0.4, 0.5) is 0 Å². The summed E-state index contributed by atoms with van der Waals surface area (Å²) in [5.74, 6) is -2.64. The second-order valence-corrected chi connectivity index (χ2v) is 5.21. The molecule has 0 radical (unpaired) electrons. The number of carbonyl (C=O) groups excluding carboxylic acids is 1. The first-order valence-electron chi connectivity index (χ1n) is 7.22. The standard InChI is InChI=1S/C16H21NO6/c1-3-23-13-6-4-11(5-7-13)16(22)12(8-14(18)19)9-17(2)10-15(20)21/h4-7,12H,3,8-10H2,1-2H3,(H,18,19)(H,20,21). The number of carboxylic acids is 2. The molecule has 0 saturated carbocycles. The molecule has 126 valence electrons. The van der Waals surface area contributed by atoms with Crippen molar-refractivity contribution in [2.24, 2.45) is 5.92 Å². The number of hydrogen-bond acceptors (Lipinski definition) is 5. The largest absolute Gasteiger partial charge is 0.494 e. The van der Waals surface area contributed by atoms with E-state index in [1.54, 1.807) is 24.3 Å². The van der Waals surface area contributed by atoms with Crippen LogP contribution in [-0.2, 0) is 9.59 Å². The quantitative estimate of drug-likeness (QED) is 0.627. The Morgan fingerprint density at radius 3 is 2.22 bits per heavy atom. The molecular formula is C16H21NO6. The number of aliphatic carboxylic acids is 2. The highest BCUT2D eigenvalue weighted by Crippen LogP contribution is 2.18. The molecule has 0 bridgehead atoms. The highest BCUT2D eigenvalue weighted by atomic mass is 16.5. The molecule has 1 unspecified atom stereocenters. The molecule has 2 N–H and O–H groups in total. The zero-order valence-electron chi connectivity index (χ0n) is 13.2. The van der Waals surface area contributed by atoms with Gasteiger partial charge in [-0.2, -0.15) is 0 Å². The Labute approximate surface area is 134 Å². The van der Waals surface area contributed by atoms with E-state index in [1.807, 2.05) is 6.92 Å². The fourth-order valence-electron chi connectivity index (χ4n) is 2.24. The number of likely N-dealkylation sites (N-methyl/N-ethyl adjacent to an activating group) is 1. The Bertz CT molecular complexity index is 554. The second kappa shape index (κ2) is 8.89. The molecule has 0 saturated heterocycles. The number of carboxylic acid groups (broad SMARTS) is 2. The minimum atomic E-state index is -1.10. The van der Waals surface area contributed by atoms with E-state index in [0.29, 0.717) is 17.9 Å². The van der Waals surface area contributed by atoms with Gasteiger partial charge in [0.2, 0.25) is 0 Å². The van der Waals surface area contributed by atoms with Crippen LogP contribution >= 0.6 is 0 Å². The summed E-state index contributed by atoms with van der Waals surface area (Å²) in [4.78, 5) is 35.6. The third kappa shape index (κ3) is 6.48. The van der Waals surface area contributed by atoms with E-state index in [1.165, 1.54) is 11.9 Å². The third-order valence-corrected chi connectivity index (χ3v) is 3.18. The lowest BCUT2D eigenvalue weighted by Crippen LogP contribution is -2.35. The number of Topliss-reactive ketones (excluding diaryl/α,β-unsaturated/α-hetero) is 1. The molecule has 0 heterocycles. The van der Waals surface area contributed by atoms with E-state index in [2.05, 4.69) is 0 Å². The van der Waals surface area contributed by atoms with Gasteiger partial charge >= 0.3 is 11.9 Å². The van der Waals surface area contributed by atoms with E-state index >= 15 is 0 Å². The van der Waals surface area contributed by atoms with E-state index < -0.39 is 17.9 Å². The summed E-state index contributed by atoms with van der Waals surface area (Å²) in [7, 11) is 1.54. The molecule has 0 aliphatic carbocycles. The van der Waals surface area contributed by atoms with Gasteiger partial charge in [0, 0.05) is 18.0 Å². The number of rotatable bonds is 10.